The van der Waals surface area contributed by atoms with Gasteiger partial charge in [0.2, 0.25) is 0 Å². The summed E-state index contributed by atoms with van der Waals surface area (Å²) in [7, 11) is 1.55. The van der Waals surface area contributed by atoms with E-state index in [-0.39, 0.29) is 6.03 Å². The summed E-state index contributed by atoms with van der Waals surface area (Å²) >= 11 is 6.07. The van der Waals surface area contributed by atoms with Gasteiger partial charge in [-0.15, -0.1) is 0 Å². The highest BCUT2D eigenvalue weighted by atomic mass is 35.5. The van der Waals surface area contributed by atoms with E-state index in [1.807, 2.05) is 24.4 Å². The third-order valence-corrected chi connectivity index (χ3v) is 5.91. The number of amides is 2. The van der Waals surface area contributed by atoms with E-state index in [1.54, 1.807) is 31.5 Å². The minimum atomic E-state index is -0.347. The number of carbonyl (C=O) groups excluding carboxylic acids is 1. The molecule has 8 heteroatoms. The predicted octanol–water partition coefficient (Wildman–Crippen LogP) is 5.43. The quantitative estimate of drug-likeness (QED) is 0.381. The van der Waals surface area contributed by atoms with Gasteiger partial charge in [0.15, 0.2) is 0 Å². The van der Waals surface area contributed by atoms with E-state index in [0.717, 1.165) is 47.5 Å². The molecule has 5 rings (SSSR count). The Morgan fingerprint density at radius 2 is 2.06 bits per heavy atom. The topological polar surface area (TPSA) is 82.3 Å². The Labute approximate surface area is 190 Å². The first-order chi connectivity index (χ1) is 15.6. The lowest BCUT2D eigenvalue weighted by atomic mass is 10.1. The number of nitrogens with zero attached hydrogens (tertiary/aromatic N) is 2. The fourth-order valence-electron chi connectivity index (χ4n) is 4.19. The smallest absolute Gasteiger partial charge is 0.323 e. The van der Waals surface area contributed by atoms with Crippen LogP contribution in [-0.4, -0.2) is 29.7 Å². The first-order valence-electron chi connectivity index (χ1n) is 10.3. The Bertz CT molecular complexity index is 1300. The highest BCUT2D eigenvalue weighted by Gasteiger charge is 2.23. The molecule has 32 heavy (non-hydrogen) atoms. The molecule has 162 valence electrons. The maximum atomic E-state index is 12.7. The number of urea groups is 1. The van der Waals surface area contributed by atoms with Crippen molar-refractivity contribution in [2.24, 2.45) is 0 Å². The van der Waals surface area contributed by atoms with Crippen molar-refractivity contribution in [1.29, 1.82) is 0 Å². The van der Waals surface area contributed by atoms with E-state index in [0.29, 0.717) is 16.5 Å². The average molecular weight is 448 g/mol. The first-order valence-corrected chi connectivity index (χ1v) is 10.7. The summed E-state index contributed by atoms with van der Waals surface area (Å²) in [6, 6.07) is 14.8. The number of ether oxygens (including phenoxy) is 1. The number of aromatic nitrogens is 2. The molecule has 2 aromatic carbocycles. The summed E-state index contributed by atoms with van der Waals surface area (Å²) in [5.41, 5.74) is 5.65. The normalized spacial score (nSPS) is 12.6. The Kier molecular flexibility index (Phi) is 5.33. The van der Waals surface area contributed by atoms with Gasteiger partial charge in [0.25, 0.3) is 0 Å². The van der Waals surface area contributed by atoms with Crippen molar-refractivity contribution in [1.82, 2.24) is 9.97 Å². The van der Waals surface area contributed by atoms with Crippen molar-refractivity contribution < 1.29 is 9.53 Å². The van der Waals surface area contributed by atoms with Crippen LogP contribution in [0.5, 0.6) is 5.75 Å². The Balaban J connectivity index is 1.34. The first kappa shape index (κ1) is 20.2. The predicted molar refractivity (Wildman–Crippen MR) is 128 cm³/mol. The number of hydrogen-bond donors (Lipinski definition) is 3. The van der Waals surface area contributed by atoms with Crippen LogP contribution in [0.1, 0.15) is 11.1 Å². The second-order valence-corrected chi connectivity index (χ2v) is 8.05. The van der Waals surface area contributed by atoms with Crippen molar-refractivity contribution in [3.63, 3.8) is 0 Å². The molecule has 0 bridgehead atoms. The lowest BCUT2D eigenvalue weighted by Crippen LogP contribution is -2.20. The number of rotatable bonds is 5. The minimum absolute atomic E-state index is 0.347. The second kappa shape index (κ2) is 8.43. The van der Waals surface area contributed by atoms with Gasteiger partial charge < -0.3 is 25.3 Å². The molecule has 1 aliphatic rings. The van der Waals surface area contributed by atoms with Gasteiger partial charge in [-0.1, -0.05) is 17.7 Å². The maximum absolute atomic E-state index is 12.7. The van der Waals surface area contributed by atoms with Gasteiger partial charge in [0, 0.05) is 52.8 Å². The van der Waals surface area contributed by atoms with Crippen LogP contribution >= 0.6 is 11.6 Å². The van der Waals surface area contributed by atoms with Gasteiger partial charge in [0.05, 0.1) is 12.8 Å². The molecular formula is C24H22ClN5O2. The number of H-pyrrole nitrogens is 1. The van der Waals surface area contributed by atoms with Crippen LogP contribution in [-0.2, 0) is 13.0 Å². The van der Waals surface area contributed by atoms with E-state index in [2.05, 4.69) is 37.6 Å². The minimum Gasteiger partial charge on any atom is -0.495 e. The van der Waals surface area contributed by atoms with Gasteiger partial charge in [-0.05, 0) is 54.4 Å². The van der Waals surface area contributed by atoms with Crippen LogP contribution in [0.4, 0.5) is 21.9 Å². The highest BCUT2D eigenvalue weighted by molar-refractivity contribution is 6.31. The number of aromatic amines is 1. The number of nitrogens with one attached hydrogen (secondary N) is 3. The molecule has 0 atom stereocenters. The van der Waals surface area contributed by atoms with Gasteiger partial charge in [0.1, 0.15) is 11.4 Å². The van der Waals surface area contributed by atoms with E-state index in [9.17, 15) is 4.79 Å². The van der Waals surface area contributed by atoms with Gasteiger partial charge in [-0.3, -0.25) is 0 Å². The van der Waals surface area contributed by atoms with Gasteiger partial charge in [-0.25, -0.2) is 9.78 Å². The molecule has 0 unspecified atom stereocenters. The lowest BCUT2D eigenvalue weighted by molar-refractivity contribution is 0.262. The molecule has 2 aromatic heterocycles. The molecular weight excluding hydrogens is 426 g/mol. The molecule has 0 saturated heterocycles. The van der Waals surface area contributed by atoms with Gasteiger partial charge in [-0.2, -0.15) is 0 Å². The van der Waals surface area contributed by atoms with Crippen molar-refractivity contribution >= 4 is 45.7 Å². The summed E-state index contributed by atoms with van der Waals surface area (Å²) in [5, 5.41) is 7.45. The summed E-state index contributed by atoms with van der Waals surface area (Å²) in [6.45, 7) is 1.65. The molecule has 3 N–H and O–H groups in total. The molecule has 0 radical (unpaired) electrons. The summed E-state index contributed by atoms with van der Waals surface area (Å²) < 4.78 is 5.31. The third kappa shape index (κ3) is 3.83. The van der Waals surface area contributed by atoms with Crippen molar-refractivity contribution in [2.75, 3.05) is 29.2 Å². The lowest BCUT2D eigenvalue weighted by Gasteiger charge is -2.20. The Hall–Kier alpha value is -3.71. The number of halogens is 1. The molecule has 7 nitrogen and oxygen atoms in total. The SMILES string of the molecule is COc1ccc(Cl)cc1NC(=O)Nc1cccc2c1CCN2Cc1c[nH]c2ncccc12. The van der Waals surface area contributed by atoms with Crippen LogP contribution in [0.3, 0.4) is 0 Å². The Morgan fingerprint density at radius 1 is 1.19 bits per heavy atom. The number of fused-ring (bicyclic) bond motifs is 2. The molecule has 0 spiro atoms. The summed E-state index contributed by atoms with van der Waals surface area (Å²) in [6.07, 6.45) is 4.66. The van der Waals surface area contributed by atoms with Crippen LogP contribution < -0.4 is 20.3 Å². The number of benzene rings is 2. The molecule has 3 heterocycles. The van der Waals surface area contributed by atoms with Crippen LogP contribution in [0.15, 0.2) is 60.9 Å². The zero-order chi connectivity index (χ0) is 22.1. The monoisotopic (exact) mass is 447 g/mol. The number of hydrogen-bond acceptors (Lipinski definition) is 4. The zero-order valence-electron chi connectivity index (χ0n) is 17.5. The zero-order valence-corrected chi connectivity index (χ0v) is 18.2. The van der Waals surface area contributed by atoms with Crippen molar-refractivity contribution in [2.45, 2.75) is 13.0 Å². The second-order valence-electron chi connectivity index (χ2n) is 7.61. The van der Waals surface area contributed by atoms with Crippen molar-refractivity contribution in [3.05, 3.63) is 77.1 Å². The molecule has 0 aliphatic carbocycles. The number of carbonyl (C=O) groups is 1. The number of anilines is 3. The Morgan fingerprint density at radius 3 is 2.94 bits per heavy atom. The molecule has 0 saturated carbocycles. The van der Waals surface area contributed by atoms with E-state index in [1.165, 1.54) is 5.56 Å². The van der Waals surface area contributed by atoms with Crippen LogP contribution in [0.25, 0.3) is 11.0 Å². The number of methoxy groups -OCH3 is 1. The van der Waals surface area contributed by atoms with E-state index in [4.69, 9.17) is 16.3 Å². The fourth-order valence-corrected chi connectivity index (χ4v) is 4.36. The molecule has 1 aliphatic heterocycles. The standard InChI is InChI=1S/C24H22ClN5O2/c1-32-22-8-7-16(25)12-20(22)29-24(31)28-19-5-2-6-21-18(19)9-11-30(21)14-15-13-27-23-17(15)4-3-10-26-23/h2-8,10,12-13H,9,11,14H2,1H3,(H,26,27)(H2,28,29,31). The fraction of sp³-hybridized carbons (Fsp3) is 0.167. The van der Waals surface area contributed by atoms with E-state index < -0.39 is 0 Å². The third-order valence-electron chi connectivity index (χ3n) is 5.68. The van der Waals surface area contributed by atoms with Gasteiger partial charge >= 0.3 is 6.03 Å². The molecule has 0 fully saturated rings. The average Bonchev–Trinajstić information content (AvgIpc) is 3.39. The molecule has 2 amide bonds. The summed E-state index contributed by atoms with van der Waals surface area (Å²) in [5.74, 6) is 0.544. The molecule has 4 aromatic rings. The van der Waals surface area contributed by atoms with Crippen LogP contribution in [0.2, 0.25) is 5.02 Å². The largest absolute Gasteiger partial charge is 0.495 e. The highest BCUT2D eigenvalue weighted by Crippen LogP contribution is 2.35. The summed E-state index contributed by atoms with van der Waals surface area (Å²) in [4.78, 5) is 22.6. The van der Waals surface area contributed by atoms with Crippen molar-refractivity contribution in [3.8, 4) is 5.75 Å². The number of pyridine rings is 1. The maximum Gasteiger partial charge on any atom is 0.323 e. The van der Waals surface area contributed by atoms with Crippen LogP contribution in [0, 0.1) is 0 Å². The van der Waals surface area contributed by atoms with E-state index >= 15 is 0 Å².